The standard InChI is InChI=1S/C17H27N5O3/c1-4-21(5-2)15(23)13-11-18-16(19-12-13)20-14-7-9-22(10-8-14)17(24)25-6-3/h11-12,14H,4-10H2,1-3H3,(H,18,19,20). The molecule has 0 spiro atoms. The minimum Gasteiger partial charge on any atom is -0.450 e. The summed E-state index contributed by atoms with van der Waals surface area (Å²) in [5, 5.41) is 3.27. The van der Waals surface area contributed by atoms with E-state index in [2.05, 4.69) is 15.3 Å². The van der Waals surface area contributed by atoms with Crippen LogP contribution in [0.2, 0.25) is 0 Å². The predicted molar refractivity (Wildman–Crippen MR) is 94.5 cm³/mol. The lowest BCUT2D eigenvalue weighted by molar-refractivity contribution is 0.0772. The molecule has 1 aliphatic rings. The Bertz CT molecular complexity index is 566. The van der Waals surface area contributed by atoms with Crippen LogP contribution in [-0.2, 0) is 4.74 Å². The van der Waals surface area contributed by atoms with Gasteiger partial charge in [0, 0.05) is 44.6 Å². The van der Waals surface area contributed by atoms with Crippen LogP contribution in [0.25, 0.3) is 0 Å². The van der Waals surface area contributed by atoms with Crippen LogP contribution in [0.15, 0.2) is 12.4 Å². The molecule has 2 amide bonds. The van der Waals surface area contributed by atoms with Crippen molar-refractivity contribution in [2.24, 2.45) is 0 Å². The van der Waals surface area contributed by atoms with Crippen LogP contribution in [0.4, 0.5) is 10.7 Å². The van der Waals surface area contributed by atoms with Crippen molar-refractivity contribution in [1.29, 1.82) is 0 Å². The number of carbonyl (C=O) groups excluding carboxylic acids is 2. The van der Waals surface area contributed by atoms with E-state index in [9.17, 15) is 9.59 Å². The van der Waals surface area contributed by atoms with Crippen LogP contribution < -0.4 is 5.32 Å². The second-order valence-corrected chi connectivity index (χ2v) is 5.88. The molecule has 0 bridgehead atoms. The first-order valence-corrected chi connectivity index (χ1v) is 8.88. The zero-order chi connectivity index (χ0) is 18.2. The first kappa shape index (κ1) is 19.0. The van der Waals surface area contributed by atoms with Crippen molar-refractivity contribution in [3.05, 3.63) is 18.0 Å². The third-order valence-electron chi connectivity index (χ3n) is 4.30. The van der Waals surface area contributed by atoms with Gasteiger partial charge in [0.15, 0.2) is 0 Å². The molecule has 1 fully saturated rings. The molecule has 0 aromatic carbocycles. The SMILES string of the molecule is CCOC(=O)N1CCC(Nc2ncc(C(=O)N(CC)CC)cn2)CC1. The monoisotopic (exact) mass is 349 g/mol. The predicted octanol–water partition coefficient (Wildman–Crippen LogP) is 1.99. The number of hydrogen-bond donors (Lipinski definition) is 1. The van der Waals surface area contributed by atoms with E-state index in [0.717, 1.165) is 12.8 Å². The topological polar surface area (TPSA) is 87.7 Å². The highest BCUT2D eigenvalue weighted by atomic mass is 16.6. The van der Waals surface area contributed by atoms with Gasteiger partial charge in [0.05, 0.1) is 12.2 Å². The smallest absolute Gasteiger partial charge is 0.409 e. The summed E-state index contributed by atoms with van der Waals surface area (Å²) in [6, 6.07) is 0.204. The zero-order valence-electron chi connectivity index (χ0n) is 15.2. The van der Waals surface area contributed by atoms with Crippen LogP contribution >= 0.6 is 0 Å². The number of aromatic nitrogens is 2. The van der Waals surface area contributed by atoms with Gasteiger partial charge in [0.1, 0.15) is 0 Å². The molecule has 2 rings (SSSR count). The Balaban J connectivity index is 1.86. The molecule has 1 aromatic heterocycles. The number of carbonyl (C=O) groups is 2. The average Bonchev–Trinajstić information content (AvgIpc) is 2.64. The number of piperidine rings is 1. The molecule has 0 atom stereocenters. The number of amides is 2. The quantitative estimate of drug-likeness (QED) is 0.845. The van der Waals surface area contributed by atoms with Crippen LogP contribution in [0, 0.1) is 0 Å². The van der Waals surface area contributed by atoms with Gasteiger partial charge < -0.3 is 19.9 Å². The van der Waals surface area contributed by atoms with E-state index in [1.54, 1.807) is 29.1 Å². The van der Waals surface area contributed by atoms with Crippen molar-refractivity contribution in [2.45, 2.75) is 39.7 Å². The van der Waals surface area contributed by atoms with Crippen LogP contribution in [0.1, 0.15) is 44.0 Å². The van der Waals surface area contributed by atoms with Crippen molar-refractivity contribution >= 4 is 17.9 Å². The fourth-order valence-electron chi connectivity index (χ4n) is 2.81. The fourth-order valence-corrected chi connectivity index (χ4v) is 2.81. The van der Waals surface area contributed by atoms with Crippen molar-refractivity contribution in [1.82, 2.24) is 19.8 Å². The fraction of sp³-hybridized carbons (Fsp3) is 0.647. The van der Waals surface area contributed by atoms with Crippen LogP contribution in [-0.4, -0.2) is 70.6 Å². The highest BCUT2D eigenvalue weighted by molar-refractivity contribution is 5.93. The summed E-state index contributed by atoms with van der Waals surface area (Å²) in [5.74, 6) is 0.449. The molecule has 1 aliphatic heterocycles. The lowest BCUT2D eigenvalue weighted by atomic mass is 10.1. The van der Waals surface area contributed by atoms with Crippen molar-refractivity contribution in [3.63, 3.8) is 0 Å². The summed E-state index contributed by atoms with van der Waals surface area (Å²) >= 11 is 0. The molecular formula is C17H27N5O3. The Labute approximate surface area is 148 Å². The number of likely N-dealkylation sites (tertiary alicyclic amines) is 1. The van der Waals surface area contributed by atoms with Gasteiger partial charge in [-0.2, -0.15) is 0 Å². The summed E-state index contributed by atoms with van der Waals surface area (Å²) in [5.41, 5.74) is 0.492. The Kier molecular flexibility index (Phi) is 6.97. The van der Waals surface area contributed by atoms with Gasteiger partial charge in [0.2, 0.25) is 5.95 Å². The minimum atomic E-state index is -0.253. The molecule has 25 heavy (non-hydrogen) atoms. The normalized spacial score (nSPS) is 14.9. The summed E-state index contributed by atoms with van der Waals surface area (Å²) in [7, 11) is 0. The molecule has 8 heteroatoms. The minimum absolute atomic E-state index is 0.0562. The van der Waals surface area contributed by atoms with E-state index in [1.165, 1.54) is 0 Å². The van der Waals surface area contributed by atoms with E-state index < -0.39 is 0 Å². The van der Waals surface area contributed by atoms with E-state index >= 15 is 0 Å². The maximum Gasteiger partial charge on any atom is 0.409 e. The van der Waals surface area contributed by atoms with Gasteiger partial charge >= 0.3 is 6.09 Å². The summed E-state index contributed by atoms with van der Waals surface area (Å²) in [6.07, 6.45) is 4.48. The first-order valence-electron chi connectivity index (χ1n) is 8.88. The largest absolute Gasteiger partial charge is 0.450 e. The lowest BCUT2D eigenvalue weighted by Gasteiger charge is -2.31. The molecule has 0 saturated carbocycles. The molecule has 0 unspecified atom stereocenters. The molecule has 1 N–H and O–H groups in total. The Morgan fingerprint density at radius 3 is 2.32 bits per heavy atom. The number of nitrogens with one attached hydrogen (secondary N) is 1. The van der Waals surface area contributed by atoms with Crippen LogP contribution in [0.5, 0.6) is 0 Å². The molecule has 0 aliphatic carbocycles. The first-order chi connectivity index (χ1) is 12.1. The van der Waals surface area contributed by atoms with E-state index in [4.69, 9.17) is 4.74 Å². The Morgan fingerprint density at radius 1 is 1.20 bits per heavy atom. The van der Waals surface area contributed by atoms with E-state index in [0.29, 0.717) is 44.3 Å². The second-order valence-electron chi connectivity index (χ2n) is 5.88. The Morgan fingerprint density at radius 2 is 1.80 bits per heavy atom. The van der Waals surface area contributed by atoms with Gasteiger partial charge in [-0.05, 0) is 33.6 Å². The van der Waals surface area contributed by atoms with E-state index in [1.807, 2.05) is 13.8 Å². The molecule has 1 saturated heterocycles. The molecule has 8 nitrogen and oxygen atoms in total. The van der Waals surface area contributed by atoms with Crippen LogP contribution in [0.3, 0.4) is 0 Å². The summed E-state index contributed by atoms with van der Waals surface area (Å²) in [4.78, 5) is 35.9. The number of ether oxygens (including phenoxy) is 1. The van der Waals surface area contributed by atoms with Gasteiger partial charge in [-0.15, -0.1) is 0 Å². The number of rotatable bonds is 6. The molecule has 0 radical (unpaired) electrons. The second kappa shape index (κ2) is 9.19. The highest BCUT2D eigenvalue weighted by Crippen LogP contribution is 2.15. The number of anilines is 1. The summed E-state index contributed by atoms with van der Waals surface area (Å²) in [6.45, 7) is 8.70. The Hall–Kier alpha value is -2.38. The van der Waals surface area contributed by atoms with Gasteiger partial charge in [-0.3, -0.25) is 4.79 Å². The van der Waals surface area contributed by atoms with Gasteiger partial charge in [0.25, 0.3) is 5.91 Å². The number of hydrogen-bond acceptors (Lipinski definition) is 6. The third-order valence-corrected chi connectivity index (χ3v) is 4.30. The summed E-state index contributed by atoms with van der Waals surface area (Å²) < 4.78 is 5.01. The average molecular weight is 349 g/mol. The van der Waals surface area contributed by atoms with Gasteiger partial charge in [-0.25, -0.2) is 14.8 Å². The van der Waals surface area contributed by atoms with E-state index in [-0.39, 0.29) is 18.0 Å². The van der Waals surface area contributed by atoms with Crippen molar-refractivity contribution < 1.29 is 14.3 Å². The maximum atomic E-state index is 12.2. The highest BCUT2D eigenvalue weighted by Gasteiger charge is 2.24. The zero-order valence-corrected chi connectivity index (χ0v) is 15.2. The third kappa shape index (κ3) is 5.04. The van der Waals surface area contributed by atoms with Crippen molar-refractivity contribution in [3.8, 4) is 0 Å². The van der Waals surface area contributed by atoms with Gasteiger partial charge in [-0.1, -0.05) is 0 Å². The molecule has 2 heterocycles. The molecule has 138 valence electrons. The molecular weight excluding hydrogens is 322 g/mol. The van der Waals surface area contributed by atoms with Crippen molar-refractivity contribution in [2.75, 3.05) is 38.1 Å². The number of nitrogens with zero attached hydrogens (tertiary/aromatic N) is 4. The lowest BCUT2D eigenvalue weighted by Crippen LogP contribution is -2.42. The maximum absolute atomic E-state index is 12.2. The molecule has 1 aromatic rings.